The third-order valence-corrected chi connectivity index (χ3v) is 6.28. The molecule has 1 aromatic heterocycles. The number of amides is 2. The number of hydrogen-bond donors (Lipinski definition) is 3. The van der Waals surface area contributed by atoms with E-state index < -0.39 is 0 Å². The Kier molecular flexibility index (Phi) is 7.75. The quantitative estimate of drug-likeness (QED) is 0.481. The largest absolute Gasteiger partial charge is 0.378 e. The highest BCUT2D eigenvalue weighted by Crippen LogP contribution is 2.24. The molecule has 0 saturated carbocycles. The molecule has 0 unspecified atom stereocenters. The predicted octanol–water partition coefficient (Wildman–Crippen LogP) is 3.47. The molecule has 0 atom stereocenters. The van der Waals surface area contributed by atoms with E-state index >= 15 is 0 Å². The number of rotatable bonds is 5. The lowest BCUT2D eigenvalue weighted by molar-refractivity contribution is 0.122. The molecule has 10 nitrogen and oxygen atoms in total. The monoisotopic (exact) mass is 508 g/mol. The Morgan fingerprint density at radius 2 is 1.42 bits per heavy atom. The van der Waals surface area contributed by atoms with Crippen LogP contribution in [0.2, 0.25) is 5.02 Å². The second-order valence-electron chi connectivity index (χ2n) is 8.61. The summed E-state index contributed by atoms with van der Waals surface area (Å²) in [6.07, 6.45) is 1.03. The highest BCUT2D eigenvalue weighted by atomic mass is 35.5. The van der Waals surface area contributed by atoms with Crippen molar-refractivity contribution >= 4 is 40.9 Å². The Bertz CT molecular complexity index is 1160. The smallest absolute Gasteiger partial charge is 0.323 e. The number of carbonyl (C=O) groups is 1. The van der Waals surface area contributed by atoms with Crippen molar-refractivity contribution < 1.29 is 9.53 Å². The van der Waals surface area contributed by atoms with Crippen LogP contribution in [0.5, 0.6) is 0 Å². The number of anilines is 4. The molecule has 11 heteroatoms. The Labute approximate surface area is 215 Å². The molecule has 36 heavy (non-hydrogen) atoms. The van der Waals surface area contributed by atoms with Crippen LogP contribution in [0.1, 0.15) is 6.42 Å². The average Bonchev–Trinajstić information content (AvgIpc) is 3.21. The van der Waals surface area contributed by atoms with Crippen LogP contribution in [0.15, 0.2) is 48.5 Å². The van der Waals surface area contributed by atoms with Gasteiger partial charge in [-0.25, -0.2) is 4.79 Å². The van der Waals surface area contributed by atoms with Gasteiger partial charge in [0.05, 0.1) is 13.2 Å². The highest BCUT2D eigenvalue weighted by Gasteiger charge is 2.20. The molecule has 2 aliphatic heterocycles. The first-order chi connectivity index (χ1) is 17.6. The van der Waals surface area contributed by atoms with Crippen molar-refractivity contribution in [3.05, 3.63) is 53.6 Å². The van der Waals surface area contributed by atoms with Gasteiger partial charge in [-0.1, -0.05) is 11.6 Å². The lowest BCUT2D eigenvalue weighted by Crippen LogP contribution is -2.38. The second kappa shape index (κ2) is 11.5. The first-order valence-electron chi connectivity index (χ1n) is 12.1. The van der Waals surface area contributed by atoms with E-state index in [1.807, 2.05) is 24.3 Å². The zero-order valence-corrected chi connectivity index (χ0v) is 20.7. The van der Waals surface area contributed by atoms with E-state index in [0.29, 0.717) is 47.3 Å². The van der Waals surface area contributed by atoms with Crippen LogP contribution in [0.3, 0.4) is 0 Å². The maximum Gasteiger partial charge on any atom is 0.323 e. The Balaban J connectivity index is 1.35. The summed E-state index contributed by atoms with van der Waals surface area (Å²) in [5.74, 6) is 1.96. The lowest BCUT2D eigenvalue weighted by Gasteiger charge is -2.28. The van der Waals surface area contributed by atoms with E-state index in [2.05, 4.69) is 25.8 Å². The summed E-state index contributed by atoms with van der Waals surface area (Å²) >= 11 is 5.90. The number of urea groups is 1. The van der Waals surface area contributed by atoms with E-state index in [1.54, 1.807) is 24.3 Å². The van der Waals surface area contributed by atoms with Gasteiger partial charge >= 0.3 is 6.03 Å². The van der Waals surface area contributed by atoms with Gasteiger partial charge in [0.2, 0.25) is 11.9 Å². The molecule has 3 heterocycles. The fourth-order valence-electron chi connectivity index (χ4n) is 4.10. The third-order valence-electron chi connectivity index (χ3n) is 6.03. The molecule has 3 N–H and O–H groups in total. The Hall–Kier alpha value is -3.47. The molecular weight excluding hydrogens is 480 g/mol. The van der Waals surface area contributed by atoms with E-state index in [4.69, 9.17) is 31.3 Å². The molecule has 2 aliphatic rings. The molecule has 0 aliphatic carbocycles. The van der Waals surface area contributed by atoms with Gasteiger partial charge in [-0.2, -0.15) is 15.0 Å². The summed E-state index contributed by atoms with van der Waals surface area (Å²) in [6, 6.07) is 14.1. The fourth-order valence-corrected chi connectivity index (χ4v) is 4.23. The summed E-state index contributed by atoms with van der Waals surface area (Å²) < 4.78 is 5.51. The molecule has 188 valence electrons. The van der Waals surface area contributed by atoms with Crippen molar-refractivity contribution in [1.82, 2.24) is 20.3 Å². The summed E-state index contributed by atoms with van der Waals surface area (Å²) in [4.78, 5) is 31.2. The molecule has 0 spiro atoms. The topological polar surface area (TPSA) is 108 Å². The molecule has 2 aromatic carbocycles. The van der Waals surface area contributed by atoms with E-state index in [-0.39, 0.29) is 6.03 Å². The van der Waals surface area contributed by atoms with Gasteiger partial charge in [0.25, 0.3) is 0 Å². The summed E-state index contributed by atoms with van der Waals surface area (Å²) in [6.45, 7) is 6.43. The van der Waals surface area contributed by atoms with Crippen LogP contribution in [-0.2, 0) is 4.74 Å². The van der Waals surface area contributed by atoms with Gasteiger partial charge in [0, 0.05) is 54.7 Å². The van der Waals surface area contributed by atoms with Crippen LogP contribution in [-0.4, -0.2) is 73.5 Å². The van der Waals surface area contributed by atoms with Gasteiger partial charge in [0.15, 0.2) is 5.82 Å². The van der Waals surface area contributed by atoms with E-state index in [1.165, 1.54) is 0 Å². The maximum atomic E-state index is 12.4. The van der Waals surface area contributed by atoms with Gasteiger partial charge in [-0.15, -0.1) is 0 Å². The summed E-state index contributed by atoms with van der Waals surface area (Å²) in [5.41, 5.74) is 2.17. The first kappa shape index (κ1) is 24.2. The maximum absolute atomic E-state index is 12.4. The first-order valence-corrected chi connectivity index (χ1v) is 12.5. The molecule has 0 bridgehead atoms. The summed E-state index contributed by atoms with van der Waals surface area (Å²) in [5, 5.41) is 9.67. The third kappa shape index (κ3) is 6.20. The number of halogens is 1. The van der Waals surface area contributed by atoms with Crippen LogP contribution in [0, 0.1) is 0 Å². The highest BCUT2D eigenvalue weighted by molar-refractivity contribution is 6.30. The number of hydrogen-bond acceptors (Lipinski definition) is 8. The molecule has 3 aromatic rings. The number of aromatic nitrogens is 3. The van der Waals surface area contributed by atoms with Gasteiger partial charge in [-0.05, 0) is 61.5 Å². The number of morpholine rings is 1. The Morgan fingerprint density at radius 3 is 2.08 bits per heavy atom. The zero-order valence-electron chi connectivity index (χ0n) is 19.9. The minimum absolute atomic E-state index is 0.336. The van der Waals surface area contributed by atoms with Crippen molar-refractivity contribution in [1.29, 1.82) is 0 Å². The predicted molar refractivity (Wildman–Crippen MR) is 142 cm³/mol. The lowest BCUT2D eigenvalue weighted by atomic mass is 10.2. The van der Waals surface area contributed by atoms with Crippen molar-refractivity contribution in [3.8, 4) is 11.4 Å². The van der Waals surface area contributed by atoms with Crippen LogP contribution in [0.25, 0.3) is 11.4 Å². The van der Waals surface area contributed by atoms with Crippen LogP contribution < -0.4 is 25.8 Å². The average molecular weight is 509 g/mol. The minimum Gasteiger partial charge on any atom is -0.378 e. The molecule has 2 fully saturated rings. The summed E-state index contributed by atoms with van der Waals surface area (Å²) in [7, 11) is 0. The minimum atomic E-state index is -0.336. The number of benzene rings is 2. The van der Waals surface area contributed by atoms with Crippen molar-refractivity contribution in [2.45, 2.75) is 6.42 Å². The fraction of sp³-hybridized carbons (Fsp3) is 0.360. The second-order valence-corrected chi connectivity index (χ2v) is 9.05. The zero-order chi connectivity index (χ0) is 24.7. The SMILES string of the molecule is O=C(Nc1ccc(Cl)cc1)Nc1ccc(-c2nc(N3CCCNCC3)nc(N3CCOCC3)n2)cc1. The number of carbonyl (C=O) groups excluding carboxylic acids is 1. The van der Waals surface area contributed by atoms with Gasteiger partial charge < -0.3 is 30.5 Å². The Morgan fingerprint density at radius 1 is 0.806 bits per heavy atom. The molecular formula is C25H29ClN8O2. The van der Waals surface area contributed by atoms with Crippen molar-refractivity contribution in [3.63, 3.8) is 0 Å². The van der Waals surface area contributed by atoms with Crippen molar-refractivity contribution in [2.75, 3.05) is 72.9 Å². The van der Waals surface area contributed by atoms with Crippen LogP contribution in [0.4, 0.5) is 28.1 Å². The standard InChI is InChI=1S/C25H29ClN8O2/c26-19-4-8-21(9-5-19)29-25(35)28-20-6-2-18(3-7-20)22-30-23(33-12-1-10-27-11-13-33)32-24(31-22)34-14-16-36-17-15-34/h2-9,27H,1,10-17H2,(H2,28,29,35). The van der Waals surface area contributed by atoms with Gasteiger partial charge in [0.1, 0.15) is 0 Å². The van der Waals surface area contributed by atoms with Crippen molar-refractivity contribution in [2.24, 2.45) is 0 Å². The number of nitrogens with one attached hydrogen (secondary N) is 3. The van der Waals surface area contributed by atoms with Crippen LogP contribution >= 0.6 is 11.6 Å². The van der Waals surface area contributed by atoms with Gasteiger partial charge in [-0.3, -0.25) is 0 Å². The van der Waals surface area contributed by atoms with E-state index in [9.17, 15) is 4.79 Å². The van der Waals surface area contributed by atoms with E-state index in [0.717, 1.165) is 51.3 Å². The molecule has 5 rings (SSSR count). The number of nitrogens with zero attached hydrogens (tertiary/aromatic N) is 5. The molecule has 2 saturated heterocycles. The molecule has 0 radical (unpaired) electrons. The normalized spacial score (nSPS) is 16.4. The number of ether oxygens (including phenoxy) is 1. The molecule has 2 amide bonds.